The van der Waals surface area contributed by atoms with Crippen LogP contribution in [0.4, 0.5) is 0 Å². The zero-order valence-electron chi connectivity index (χ0n) is 15.4. The van der Waals surface area contributed by atoms with E-state index in [2.05, 4.69) is 19.1 Å². The van der Waals surface area contributed by atoms with Gasteiger partial charge >= 0.3 is 0 Å². The van der Waals surface area contributed by atoms with E-state index in [1.54, 1.807) is 18.2 Å². The number of ether oxygens (including phenoxy) is 2. The second kappa shape index (κ2) is 7.12. The number of aryl methyl sites for hydroxylation is 2. The van der Waals surface area contributed by atoms with E-state index in [0.717, 1.165) is 11.1 Å². The van der Waals surface area contributed by atoms with E-state index in [9.17, 15) is 4.79 Å². The van der Waals surface area contributed by atoms with Crippen LogP contribution >= 0.6 is 0 Å². The van der Waals surface area contributed by atoms with Crippen molar-refractivity contribution >= 4 is 11.9 Å². The number of carbonyl (C=O) groups is 1. The van der Waals surface area contributed by atoms with Crippen molar-refractivity contribution in [1.82, 2.24) is 0 Å². The Balaban J connectivity index is 1.50. The van der Waals surface area contributed by atoms with Gasteiger partial charge < -0.3 is 9.47 Å². The van der Waals surface area contributed by atoms with Gasteiger partial charge in [0.25, 0.3) is 0 Å². The van der Waals surface area contributed by atoms with Gasteiger partial charge in [-0.1, -0.05) is 59.7 Å². The van der Waals surface area contributed by atoms with E-state index in [0.29, 0.717) is 29.4 Å². The molecule has 0 N–H and O–H groups in total. The third kappa shape index (κ3) is 3.77. The van der Waals surface area contributed by atoms with E-state index >= 15 is 0 Å². The van der Waals surface area contributed by atoms with Crippen LogP contribution in [0, 0.1) is 13.8 Å². The van der Waals surface area contributed by atoms with Gasteiger partial charge in [0.15, 0.2) is 5.76 Å². The van der Waals surface area contributed by atoms with E-state index in [-0.39, 0.29) is 5.78 Å². The maximum absolute atomic E-state index is 12.6. The average molecular weight is 356 g/mol. The molecule has 0 aliphatic carbocycles. The molecule has 0 amide bonds. The predicted octanol–water partition coefficient (Wildman–Crippen LogP) is 5.50. The number of hydrogen-bond acceptors (Lipinski definition) is 3. The van der Waals surface area contributed by atoms with Crippen molar-refractivity contribution in [1.29, 1.82) is 0 Å². The number of fused-ring (bicyclic) bond motifs is 1. The summed E-state index contributed by atoms with van der Waals surface area (Å²) in [7, 11) is 0. The fourth-order valence-electron chi connectivity index (χ4n) is 2.92. The first kappa shape index (κ1) is 17.1. The molecule has 27 heavy (non-hydrogen) atoms. The third-order valence-electron chi connectivity index (χ3n) is 4.54. The maximum atomic E-state index is 12.6. The molecule has 0 spiro atoms. The highest BCUT2D eigenvalue weighted by Gasteiger charge is 2.27. The van der Waals surface area contributed by atoms with Gasteiger partial charge in [0, 0.05) is 6.07 Å². The van der Waals surface area contributed by atoms with Crippen molar-refractivity contribution in [2.24, 2.45) is 0 Å². The molecule has 3 aromatic rings. The van der Waals surface area contributed by atoms with Crippen molar-refractivity contribution in [3.8, 4) is 11.5 Å². The highest BCUT2D eigenvalue weighted by molar-refractivity contribution is 6.14. The van der Waals surface area contributed by atoms with Crippen molar-refractivity contribution in [3.63, 3.8) is 0 Å². The van der Waals surface area contributed by atoms with Crippen LogP contribution in [0.5, 0.6) is 11.5 Å². The summed E-state index contributed by atoms with van der Waals surface area (Å²) >= 11 is 0. The minimum atomic E-state index is -0.101. The van der Waals surface area contributed by atoms with Gasteiger partial charge in [0.1, 0.15) is 18.1 Å². The molecule has 0 aromatic heterocycles. The summed E-state index contributed by atoms with van der Waals surface area (Å²) in [6.45, 7) is 4.56. The van der Waals surface area contributed by atoms with Crippen molar-refractivity contribution in [2.75, 3.05) is 0 Å². The Bertz CT molecular complexity index is 1010. The number of Topliss-reactive ketones (excluding diaryl/α,β-unsaturated/α-hetero) is 1. The first-order chi connectivity index (χ1) is 13.1. The largest absolute Gasteiger partial charge is 0.489 e. The van der Waals surface area contributed by atoms with Crippen LogP contribution in [0.3, 0.4) is 0 Å². The molecule has 4 rings (SSSR count). The van der Waals surface area contributed by atoms with Crippen molar-refractivity contribution in [2.45, 2.75) is 20.5 Å². The van der Waals surface area contributed by atoms with Gasteiger partial charge in [-0.15, -0.1) is 0 Å². The first-order valence-corrected chi connectivity index (χ1v) is 8.92. The van der Waals surface area contributed by atoms with Crippen LogP contribution in [0.15, 0.2) is 72.5 Å². The quantitative estimate of drug-likeness (QED) is 0.579. The Kier molecular flexibility index (Phi) is 4.51. The SMILES string of the molecule is Cc1ccc(/C=C2\Oc3cc(OCc4ccc(C)cc4)ccc3C2=O)cc1. The van der Waals surface area contributed by atoms with Gasteiger partial charge in [-0.2, -0.15) is 0 Å². The molecular formula is C24H20O3. The molecule has 0 atom stereocenters. The summed E-state index contributed by atoms with van der Waals surface area (Å²) in [6, 6.07) is 21.5. The molecule has 1 heterocycles. The lowest BCUT2D eigenvalue weighted by Crippen LogP contribution is -1.98. The Morgan fingerprint density at radius 2 is 1.56 bits per heavy atom. The highest BCUT2D eigenvalue weighted by Crippen LogP contribution is 2.35. The molecule has 1 aliphatic heterocycles. The standard InChI is InChI=1S/C24H20O3/c1-16-3-7-18(8-4-16)13-23-24(25)21-12-11-20(14-22(21)27-23)26-15-19-9-5-17(2)6-10-19/h3-14H,15H2,1-2H3/b23-13-. The number of allylic oxidation sites excluding steroid dienone is 1. The Morgan fingerprint density at radius 1 is 0.889 bits per heavy atom. The topological polar surface area (TPSA) is 35.5 Å². The lowest BCUT2D eigenvalue weighted by Gasteiger charge is -2.07. The molecular weight excluding hydrogens is 336 g/mol. The van der Waals surface area contributed by atoms with Gasteiger partial charge in [0.05, 0.1) is 5.56 Å². The second-order valence-electron chi connectivity index (χ2n) is 6.78. The predicted molar refractivity (Wildman–Crippen MR) is 106 cm³/mol. The Labute approximate surface area is 158 Å². The number of hydrogen-bond donors (Lipinski definition) is 0. The fourth-order valence-corrected chi connectivity index (χ4v) is 2.92. The van der Waals surface area contributed by atoms with Crippen LogP contribution < -0.4 is 9.47 Å². The minimum absolute atomic E-state index is 0.101. The second-order valence-corrected chi connectivity index (χ2v) is 6.78. The highest BCUT2D eigenvalue weighted by atomic mass is 16.5. The Hall–Kier alpha value is -3.33. The summed E-state index contributed by atoms with van der Waals surface area (Å²) in [5.41, 5.74) is 4.99. The van der Waals surface area contributed by atoms with Crippen LogP contribution in [-0.4, -0.2) is 5.78 Å². The molecule has 0 fully saturated rings. The monoisotopic (exact) mass is 356 g/mol. The molecule has 0 unspecified atom stereocenters. The number of benzene rings is 3. The van der Waals surface area contributed by atoms with Crippen LogP contribution in [0.25, 0.3) is 6.08 Å². The summed E-state index contributed by atoms with van der Waals surface area (Å²) in [4.78, 5) is 12.6. The van der Waals surface area contributed by atoms with Gasteiger partial charge in [-0.3, -0.25) is 4.79 Å². The first-order valence-electron chi connectivity index (χ1n) is 8.92. The third-order valence-corrected chi connectivity index (χ3v) is 4.54. The van der Waals surface area contributed by atoms with Gasteiger partial charge in [0.2, 0.25) is 5.78 Å². The lowest BCUT2D eigenvalue weighted by molar-refractivity contribution is 0.101. The average Bonchev–Trinajstić information content (AvgIpc) is 2.98. The van der Waals surface area contributed by atoms with Crippen LogP contribution in [-0.2, 0) is 6.61 Å². The van der Waals surface area contributed by atoms with Crippen molar-refractivity contribution in [3.05, 3.63) is 100 Å². The van der Waals surface area contributed by atoms with Gasteiger partial charge in [-0.05, 0) is 43.2 Å². The molecule has 1 aliphatic rings. The summed E-state index contributed by atoms with van der Waals surface area (Å²) in [6.07, 6.45) is 1.77. The molecule has 0 saturated carbocycles. The maximum Gasteiger partial charge on any atom is 0.231 e. The van der Waals surface area contributed by atoms with Crippen LogP contribution in [0.2, 0.25) is 0 Å². The molecule has 3 heteroatoms. The van der Waals surface area contributed by atoms with E-state index in [1.165, 1.54) is 11.1 Å². The summed E-state index contributed by atoms with van der Waals surface area (Å²) < 4.78 is 11.6. The zero-order valence-corrected chi connectivity index (χ0v) is 15.4. The number of rotatable bonds is 4. The van der Waals surface area contributed by atoms with Crippen LogP contribution in [0.1, 0.15) is 32.6 Å². The number of carbonyl (C=O) groups excluding carboxylic acids is 1. The van der Waals surface area contributed by atoms with Gasteiger partial charge in [-0.25, -0.2) is 0 Å². The lowest BCUT2D eigenvalue weighted by atomic mass is 10.1. The number of ketones is 1. The smallest absolute Gasteiger partial charge is 0.231 e. The molecule has 3 nitrogen and oxygen atoms in total. The summed E-state index contributed by atoms with van der Waals surface area (Å²) in [5, 5.41) is 0. The molecule has 134 valence electrons. The zero-order chi connectivity index (χ0) is 18.8. The molecule has 3 aromatic carbocycles. The fraction of sp³-hybridized carbons (Fsp3) is 0.125. The van der Waals surface area contributed by atoms with E-state index in [4.69, 9.17) is 9.47 Å². The molecule has 0 bridgehead atoms. The van der Waals surface area contributed by atoms with E-state index < -0.39 is 0 Å². The minimum Gasteiger partial charge on any atom is -0.489 e. The van der Waals surface area contributed by atoms with E-state index in [1.807, 2.05) is 49.4 Å². The van der Waals surface area contributed by atoms with Crippen molar-refractivity contribution < 1.29 is 14.3 Å². The normalized spacial score (nSPS) is 14.1. The molecule has 0 radical (unpaired) electrons. The molecule has 0 saturated heterocycles. The summed E-state index contributed by atoms with van der Waals surface area (Å²) in [5.74, 6) is 1.46. The Morgan fingerprint density at radius 3 is 2.26 bits per heavy atom.